The summed E-state index contributed by atoms with van der Waals surface area (Å²) in [6.45, 7) is 0.518. The third-order valence-corrected chi connectivity index (χ3v) is 4.18. The van der Waals surface area contributed by atoms with Crippen LogP contribution >= 0.6 is 8.58 Å². The average Bonchev–Trinajstić information content (AvgIpc) is 2.90. The second-order valence-corrected chi connectivity index (χ2v) is 5.24. The number of nitrogens with zero attached hydrogens (tertiary/aromatic N) is 3. The fraction of sp³-hybridized carbons (Fsp3) is 0.273. The molecule has 2 unspecified atom stereocenters. The molecule has 2 aromatic rings. The Morgan fingerprint density at radius 3 is 3.12 bits per heavy atom. The first-order valence-electron chi connectivity index (χ1n) is 5.25. The molecule has 1 N–H and O–H groups in total. The van der Waals surface area contributed by atoms with Gasteiger partial charge in [0.2, 0.25) is 0 Å². The van der Waals surface area contributed by atoms with E-state index < -0.39 is 5.85 Å². The van der Waals surface area contributed by atoms with Crippen LogP contribution in [0.25, 0.3) is 0 Å². The molecule has 0 spiro atoms. The van der Waals surface area contributed by atoms with E-state index in [1.165, 1.54) is 18.5 Å². The molecule has 2 heterocycles. The van der Waals surface area contributed by atoms with Crippen molar-refractivity contribution >= 4 is 13.9 Å². The largest absolute Gasteiger partial charge is 0.473 e. The summed E-state index contributed by atoms with van der Waals surface area (Å²) in [5.74, 6) is -0.892. The fourth-order valence-electron chi connectivity index (χ4n) is 2.05. The third kappa shape index (κ3) is 1.96. The first kappa shape index (κ1) is 10.8. The summed E-state index contributed by atoms with van der Waals surface area (Å²) >= 11 is 0. The fourth-order valence-corrected chi connectivity index (χ4v) is 3.31. The van der Waals surface area contributed by atoms with Crippen LogP contribution in [0.15, 0.2) is 30.9 Å². The number of aliphatic hydroxyl groups excluding tert-OH is 1. The van der Waals surface area contributed by atoms with Crippen molar-refractivity contribution in [3.05, 3.63) is 42.2 Å². The smallest absolute Gasteiger partial charge is 0.137 e. The molecule has 2 atom stereocenters. The Kier molecular flexibility index (Phi) is 2.65. The molecule has 0 bridgehead atoms. The highest BCUT2D eigenvalue weighted by molar-refractivity contribution is 7.48. The van der Waals surface area contributed by atoms with Gasteiger partial charge in [-0.25, -0.2) is 9.37 Å². The topological polar surface area (TPSA) is 50.9 Å². The number of aromatic nitrogens is 3. The summed E-state index contributed by atoms with van der Waals surface area (Å²) in [5, 5.41) is 15.0. The van der Waals surface area contributed by atoms with E-state index in [1.807, 2.05) is 0 Å². The third-order valence-electron chi connectivity index (χ3n) is 2.87. The van der Waals surface area contributed by atoms with Gasteiger partial charge in [0, 0.05) is 12.5 Å². The maximum Gasteiger partial charge on any atom is 0.137 e. The van der Waals surface area contributed by atoms with E-state index in [-0.39, 0.29) is 11.7 Å². The zero-order chi connectivity index (χ0) is 11.8. The number of halogens is 1. The van der Waals surface area contributed by atoms with Crippen molar-refractivity contribution in [1.29, 1.82) is 0 Å². The van der Waals surface area contributed by atoms with Gasteiger partial charge in [-0.05, 0) is 12.1 Å². The maximum atomic E-state index is 13.2. The lowest BCUT2D eigenvalue weighted by Gasteiger charge is -2.22. The van der Waals surface area contributed by atoms with Crippen molar-refractivity contribution in [2.24, 2.45) is 0 Å². The second-order valence-electron chi connectivity index (χ2n) is 3.97. The molecule has 0 radical (unpaired) electrons. The first-order chi connectivity index (χ1) is 8.24. The molecule has 0 amide bonds. The molecule has 0 fully saturated rings. The van der Waals surface area contributed by atoms with Crippen LogP contribution in [0.2, 0.25) is 0 Å². The number of benzene rings is 1. The Hall–Kier alpha value is -1.32. The predicted octanol–water partition coefficient (Wildman–Crippen LogP) is 1.10. The molecule has 0 saturated carbocycles. The quantitative estimate of drug-likeness (QED) is 0.812. The van der Waals surface area contributed by atoms with Gasteiger partial charge in [0.15, 0.2) is 0 Å². The van der Waals surface area contributed by atoms with Gasteiger partial charge in [-0.1, -0.05) is 17.5 Å². The van der Waals surface area contributed by atoms with Crippen LogP contribution in [0.1, 0.15) is 11.5 Å². The molecule has 1 aliphatic rings. The van der Waals surface area contributed by atoms with Crippen molar-refractivity contribution in [2.75, 3.05) is 0 Å². The van der Waals surface area contributed by atoms with Gasteiger partial charge >= 0.3 is 0 Å². The average molecular weight is 250 g/mol. The van der Waals surface area contributed by atoms with Gasteiger partial charge < -0.3 is 13.7 Å². The first-order valence-corrected chi connectivity index (χ1v) is 6.21. The van der Waals surface area contributed by atoms with Crippen molar-refractivity contribution in [3.63, 3.8) is 0 Å². The lowest BCUT2D eigenvalue weighted by Crippen LogP contribution is -2.16. The lowest BCUT2D eigenvalue weighted by molar-refractivity contribution is 0.217. The van der Waals surface area contributed by atoms with Crippen molar-refractivity contribution in [1.82, 2.24) is 14.8 Å². The monoisotopic (exact) mass is 250 g/mol. The standard InChI is InChI=1S/C11H10FN3OP/c12-7-1-2-10-8(3-7)9(11(16)17-10)4-15-6-13-5-14-15/h1-3,5-6,9,11,16H,4H2/q-1. The van der Waals surface area contributed by atoms with Gasteiger partial charge in [-0.3, -0.25) is 4.68 Å². The normalized spacial score (nSPS) is 24.1. The minimum atomic E-state index is -0.504. The Morgan fingerprint density at radius 1 is 1.47 bits per heavy atom. The number of fused-ring (bicyclic) bond motifs is 1. The van der Waals surface area contributed by atoms with Crippen LogP contribution in [-0.4, -0.2) is 25.7 Å². The molecule has 0 saturated heterocycles. The molecule has 17 heavy (non-hydrogen) atoms. The van der Waals surface area contributed by atoms with Gasteiger partial charge in [0.25, 0.3) is 0 Å². The molecule has 88 valence electrons. The van der Waals surface area contributed by atoms with E-state index >= 15 is 0 Å². The highest BCUT2D eigenvalue weighted by atomic mass is 31.1. The summed E-state index contributed by atoms with van der Waals surface area (Å²) < 4.78 is 14.9. The number of aliphatic hydroxyl groups is 1. The molecule has 4 nitrogen and oxygen atoms in total. The highest BCUT2D eigenvalue weighted by Crippen LogP contribution is 2.40. The molecular formula is C11H10FN3OP-. The Labute approximate surface area is 99.3 Å². The molecule has 0 aliphatic carbocycles. The number of hydrogen-bond donors (Lipinski definition) is 1. The van der Waals surface area contributed by atoms with E-state index in [1.54, 1.807) is 17.1 Å². The van der Waals surface area contributed by atoms with E-state index in [9.17, 15) is 9.50 Å². The Balaban J connectivity index is 1.93. The van der Waals surface area contributed by atoms with Crippen LogP contribution < -0.4 is 5.30 Å². The number of hydrogen-bond acceptors (Lipinski definition) is 3. The Bertz CT molecular complexity index is 532. The van der Waals surface area contributed by atoms with Gasteiger partial charge in [0.05, 0.1) is 0 Å². The molecule has 3 rings (SSSR count). The minimum Gasteiger partial charge on any atom is -0.473 e. The van der Waals surface area contributed by atoms with Crippen LogP contribution in [0.3, 0.4) is 0 Å². The van der Waals surface area contributed by atoms with E-state index in [0.717, 1.165) is 19.4 Å². The molecule has 1 aliphatic heterocycles. The van der Waals surface area contributed by atoms with E-state index in [0.29, 0.717) is 6.54 Å². The SMILES string of the molecule is OC1[P-]c2ccc(F)cc2C1Cn1cncn1. The Morgan fingerprint density at radius 2 is 2.35 bits per heavy atom. The van der Waals surface area contributed by atoms with Crippen LogP contribution in [-0.2, 0) is 6.54 Å². The van der Waals surface area contributed by atoms with Crippen molar-refractivity contribution in [2.45, 2.75) is 18.3 Å². The van der Waals surface area contributed by atoms with E-state index in [2.05, 4.69) is 10.1 Å². The van der Waals surface area contributed by atoms with Crippen LogP contribution in [0, 0.1) is 5.82 Å². The summed E-state index contributed by atoms with van der Waals surface area (Å²) in [6.07, 6.45) is 3.05. The van der Waals surface area contributed by atoms with Crippen molar-refractivity contribution < 1.29 is 9.50 Å². The van der Waals surface area contributed by atoms with Crippen LogP contribution in [0.4, 0.5) is 4.39 Å². The molecule has 1 aromatic heterocycles. The van der Waals surface area contributed by atoms with Gasteiger partial charge in [-0.15, -0.1) is 0 Å². The van der Waals surface area contributed by atoms with Crippen LogP contribution in [0.5, 0.6) is 0 Å². The molecule has 6 heteroatoms. The van der Waals surface area contributed by atoms with Gasteiger partial charge in [-0.2, -0.15) is 10.4 Å². The van der Waals surface area contributed by atoms with E-state index in [4.69, 9.17) is 0 Å². The zero-order valence-electron chi connectivity index (χ0n) is 8.86. The molecular weight excluding hydrogens is 240 g/mol. The minimum absolute atomic E-state index is 0.121. The predicted molar refractivity (Wildman–Crippen MR) is 61.7 cm³/mol. The zero-order valence-corrected chi connectivity index (χ0v) is 9.76. The number of rotatable bonds is 2. The second kappa shape index (κ2) is 4.17. The summed E-state index contributed by atoms with van der Waals surface area (Å²) in [5.41, 5.74) is 0.870. The summed E-state index contributed by atoms with van der Waals surface area (Å²) in [6, 6.07) is 4.66. The lowest BCUT2D eigenvalue weighted by atomic mass is 10.00. The van der Waals surface area contributed by atoms with Gasteiger partial charge in [0.1, 0.15) is 18.5 Å². The highest BCUT2D eigenvalue weighted by Gasteiger charge is 2.22. The maximum absolute atomic E-state index is 13.2. The van der Waals surface area contributed by atoms with Crippen molar-refractivity contribution in [3.8, 4) is 0 Å². The summed E-state index contributed by atoms with van der Waals surface area (Å²) in [7, 11) is 0.838. The molecule has 1 aromatic carbocycles. The summed E-state index contributed by atoms with van der Waals surface area (Å²) in [4.78, 5) is 3.86.